The number of aromatic amines is 1. The number of rotatable bonds is 4. The van der Waals surface area contributed by atoms with Gasteiger partial charge in [0.2, 0.25) is 5.91 Å². The van der Waals surface area contributed by atoms with Crippen LogP contribution < -0.4 is 16.4 Å². The summed E-state index contributed by atoms with van der Waals surface area (Å²) in [5, 5.41) is 3.06. The smallest absolute Gasteiger partial charge is 0.271 e. The highest BCUT2D eigenvalue weighted by Gasteiger charge is 2.09. The second-order valence-corrected chi connectivity index (χ2v) is 6.49. The number of aryl methyl sites for hydroxylation is 2. The molecule has 0 radical (unpaired) electrons. The number of nitrogens with one attached hydrogen (secondary N) is 2. The molecule has 0 saturated heterocycles. The van der Waals surface area contributed by atoms with Gasteiger partial charge in [-0.05, 0) is 40.5 Å². The molecular formula is C17H15BrN4O3. The average molecular weight is 403 g/mol. The first-order valence-electron chi connectivity index (χ1n) is 7.58. The van der Waals surface area contributed by atoms with Crippen molar-refractivity contribution in [3.05, 3.63) is 67.5 Å². The summed E-state index contributed by atoms with van der Waals surface area (Å²) in [7, 11) is 0. The van der Waals surface area contributed by atoms with Crippen LogP contribution >= 0.6 is 15.9 Å². The third-order valence-electron chi connectivity index (χ3n) is 3.78. The first kappa shape index (κ1) is 17.1. The van der Waals surface area contributed by atoms with E-state index in [1.165, 1.54) is 23.2 Å². The second kappa shape index (κ2) is 7.02. The van der Waals surface area contributed by atoms with Crippen molar-refractivity contribution in [3.63, 3.8) is 0 Å². The third-order valence-corrected chi connectivity index (χ3v) is 4.23. The molecule has 0 atom stereocenters. The minimum Gasteiger partial charge on any atom is -0.326 e. The van der Waals surface area contributed by atoms with Crippen LogP contribution in [0, 0.1) is 6.92 Å². The number of halogens is 1. The van der Waals surface area contributed by atoms with Crippen molar-refractivity contribution in [2.45, 2.75) is 19.9 Å². The standard InChI is InChI=1S/C17H15BrN4O3/c1-10-3-2-4-12-15(10)20-9-22(17(12)25)6-5-14(23)21-13-7-11(18)8-19-16(13)24/h2-4,7-9H,5-6H2,1H3,(H,19,24)(H,21,23). The molecule has 0 aliphatic carbocycles. The van der Waals surface area contributed by atoms with Crippen molar-refractivity contribution in [1.29, 1.82) is 0 Å². The Hall–Kier alpha value is -2.74. The number of hydrogen-bond donors (Lipinski definition) is 2. The van der Waals surface area contributed by atoms with E-state index in [2.05, 4.69) is 31.2 Å². The van der Waals surface area contributed by atoms with E-state index >= 15 is 0 Å². The fourth-order valence-electron chi connectivity index (χ4n) is 2.48. The summed E-state index contributed by atoms with van der Waals surface area (Å²) in [6, 6.07) is 6.93. The predicted molar refractivity (Wildman–Crippen MR) is 98.7 cm³/mol. The van der Waals surface area contributed by atoms with E-state index in [-0.39, 0.29) is 30.1 Å². The van der Waals surface area contributed by atoms with E-state index < -0.39 is 5.56 Å². The summed E-state index contributed by atoms with van der Waals surface area (Å²) in [6.45, 7) is 2.07. The lowest BCUT2D eigenvalue weighted by atomic mass is 10.1. The van der Waals surface area contributed by atoms with Crippen LogP contribution in [-0.2, 0) is 11.3 Å². The van der Waals surface area contributed by atoms with Crippen LogP contribution in [0.15, 0.2) is 50.9 Å². The van der Waals surface area contributed by atoms with Gasteiger partial charge in [-0.25, -0.2) is 4.98 Å². The molecule has 3 rings (SSSR count). The van der Waals surface area contributed by atoms with Gasteiger partial charge in [-0.2, -0.15) is 0 Å². The summed E-state index contributed by atoms with van der Waals surface area (Å²) in [6.07, 6.45) is 2.97. The van der Waals surface area contributed by atoms with E-state index in [4.69, 9.17) is 0 Å². The Morgan fingerprint density at radius 1 is 1.36 bits per heavy atom. The summed E-state index contributed by atoms with van der Waals surface area (Å²) >= 11 is 3.23. The van der Waals surface area contributed by atoms with E-state index in [9.17, 15) is 14.4 Å². The third kappa shape index (κ3) is 3.69. The molecule has 8 heteroatoms. The van der Waals surface area contributed by atoms with Gasteiger partial charge in [0, 0.05) is 23.6 Å². The van der Waals surface area contributed by atoms with Crippen LogP contribution in [0.3, 0.4) is 0 Å². The van der Waals surface area contributed by atoms with Gasteiger partial charge in [0.05, 0.1) is 17.2 Å². The lowest BCUT2D eigenvalue weighted by molar-refractivity contribution is -0.116. The normalized spacial score (nSPS) is 10.8. The first-order valence-corrected chi connectivity index (χ1v) is 8.38. The minimum absolute atomic E-state index is 0.0465. The average Bonchev–Trinajstić information content (AvgIpc) is 2.58. The molecule has 3 aromatic rings. The minimum atomic E-state index is -0.392. The second-order valence-electron chi connectivity index (χ2n) is 5.57. The number of para-hydroxylation sites is 1. The van der Waals surface area contributed by atoms with Gasteiger partial charge in [0.15, 0.2) is 0 Å². The highest BCUT2D eigenvalue weighted by molar-refractivity contribution is 9.10. The van der Waals surface area contributed by atoms with Crippen molar-refractivity contribution in [2.24, 2.45) is 0 Å². The van der Waals surface area contributed by atoms with Crippen molar-refractivity contribution >= 4 is 38.4 Å². The maximum absolute atomic E-state index is 12.5. The van der Waals surface area contributed by atoms with Crippen molar-refractivity contribution in [2.75, 3.05) is 5.32 Å². The Balaban J connectivity index is 1.75. The largest absolute Gasteiger partial charge is 0.326 e. The monoisotopic (exact) mass is 402 g/mol. The van der Waals surface area contributed by atoms with Crippen molar-refractivity contribution < 1.29 is 4.79 Å². The molecule has 2 N–H and O–H groups in total. The number of anilines is 1. The molecule has 25 heavy (non-hydrogen) atoms. The van der Waals surface area contributed by atoms with Crippen LogP contribution in [-0.4, -0.2) is 20.4 Å². The highest BCUT2D eigenvalue weighted by Crippen LogP contribution is 2.12. The fourth-order valence-corrected chi connectivity index (χ4v) is 2.83. The maximum atomic E-state index is 12.5. The Labute approximate surface area is 150 Å². The van der Waals surface area contributed by atoms with Gasteiger partial charge in [-0.1, -0.05) is 12.1 Å². The number of fused-ring (bicyclic) bond motifs is 1. The van der Waals surface area contributed by atoms with E-state index in [0.717, 1.165) is 5.56 Å². The molecule has 2 aromatic heterocycles. The van der Waals surface area contributed by atoms with E-state index in [1.807, 2.05) is 13.0 Å². The molecule has 0 unspecified atom stereocenters. The van der Waals surface area contributed by atoms with Crippen LogP contribution in [0.5, 0.6) is 0 Å². The molecule has 2 heterocycles. The molecule has 0 aliphatic heterocycles. The van der Waals surface area contributed by atoms with Gasteiger partial charge in [-0.15, -0.1) is 0 Å². The summed E-state index contributed by atoms with van der Waals surface area (Å²) in [4.78, 5) is 43.0. The SMILES string of the molecule is Cc1cccc2c(=O)n(CCC(=O)Nc3cc(Br)c[nH]c3=O)cnc12. The lowest BCUT2D eigenvalue weighted by Crippen LogP contribution is -2.25. The Bertz CT molecular complexity index is 1070. The molecule has 128 valence electrons. The van der Waals surface area contributed by atoms with Gasteiger partial charge < -0.3 is 10.3 Å². The number of carbonyl (C=O) groups is 1. The molecule has 0 spiro atoms. The number of nitrogens with zero attached hydrogens (tertiary/aromatic N) is 2. The van der Waals surface area contributed by atoms with E-state index in [1.54, 1.807) is 12.1 Å². The zero-order chi connectivity index (χ0) is 18.0. The van der Waals surface area contributed by atoms with Crippen LogP contribution in [0.4, 0.5) is 5.69 Å². The Morgan fingerprint density at radius 2 is 2.16 bits per heavy atom. The molecule has 0 aliphatic rings. The topological polar surface area (TPSA) is 96.9 Å². The molecular weight excluding hydrogens is 388 g/mol. The molecule has 0 saturated carbocycles. The number of aromatic nitrogens is 3. The van der Waals surface area contributed by atoms with Crippen LogP contribution in [0.2, 0.25) is 0 Å². The predicted octanol–water partition coefficient (Wildman–Crippen LogP) is 2.18. The van der Waals surface area contributed by atoms with Gasteiger partial charge >= 0.3 is 0 Å². The van der Waals surface area contributed by atoms with Crippen molar-refractivity contribution in [1.82, 2.24) is 14.5 Å². The van der Waals surface area contributed by atoms with Crippen LogP contribution in [0.1, 0.15) is 12.0 Å². The first-order chi connectivity index (χ1) is 12.0. The number of H-pyrrole nitrogens is 1. The van der Waals surface area contributed by atoms with Crippen molar-refractivity contribution in [3.8, 4) is 0 Å². The summed E-state index contributed by atoms with van der Waals surface area (Å²) in [5.41, 5.74) is 1.15. The molecule has 7 nitrogen and oxygen atoms in total. The summed E-state index contributed by atoms with van der Waals surface area (Å²) < 4.78 is 2.04. The number of amides is 1. The molecule has 0 fully saturated rings. The molecule has 1 amide bonds. The number of benzene rings is 1. The Kier molecular flexibility index (Phi) is 4.80. The zero-order valence-corrected chi connectivity index (χ0v) is 15.0. The zero-order valence-electron chi connectivity index (χ0n) is 13.4. The quantitative estimate of drug-likeness (QED) is 0.698. The molecule has 0 bridgehead atoms. The highest BCUT2D eigenvalue weighted by atomic mass is 79.9. The van der Waals surface area contributed by atoms with Gasteiger partial charge in [-0.3, -0.25) is 19.0 Å². The molecule has 1 aromatic carbocycles. The van der Waals surface area contributed by atoms with E-state index in [0.29, 0.717) is 15.4 Å². The number of hydrogen-bond acceptors (Lipinski definition) is 4. The summed E-state index contributed by atoms with van der Waals surface area (Å²) in [5.74, 6) is -0.361. The number of pyridine rings is 1. The number of carbonyl (C=O) groups excluding carboxylic acids is 1. The Morgan fingerprint density at radius 3 is 2.96 bits per heavy atom. The van der Waals surface area contributed by atoms with Gasteiger partial charge in [0.25, 0.3) is 11.1 Å². The fraction of sp³-hybridized carbons (Fsp3) is 0.176. The van der Waals surface area contributed by atoms with Gasteiger partial charge in [0.1, 0.15) is 5.69 Å². The lowest BCUT2D eigenvalue weighted by Gasteiger charge is -2.08. The maximum Gasteiger partial charge on any atom is 0.271 e. The van der Waals surface area contributed by atoms with Crippen LogP contribution in [0.25, 0.3) is 10.9 Å².